The topological polar surface area (TPSA) is 120 Å². The first-order valence-electron chi connectivity index (χ1n) is 6.83. The predicted octanol–water partition coefficient (Wildman–Crippen LogP) is 3.18. The summed E-state index contributed by atoms with van der Waals surface area (Å²) in [4.78, 5) is 22.4. The maximum atomic E-state index is 12.2. The molecule has 0 spiro atoms. The SMILES string of the molecule is Cc1cc(S(N)(=O)=O)c(SCC(=O)c2ccc([N+](=O)[O-])cc2)cc1Cl. The Labute approximate surface area is 153 Å². The van der Waals surface area contributed by atoms with Crippen molar-refractivity contribution >= 4 is 44.9 Å². The van der Waals surface area contributed by atoms with E-state index in [1.54, 1.807) is 6.92 Å². The molecule has 10 heteroatoms. The number of benzene rings is 2. The second-order valence-electron chi connectivity index (χ2n) is 5.11. The van der Waals surface area contributed by atoms with Gasteiger partial charge in [-0.2, -0.15) is 0 Å². The highest BCUT2D eigenvalue weighted by atomic mass is 35.5. The summed E-state index contributed by atoms with van der Waals surface area (Å²) in [6, 6.07) is 7.97. The number of hydrogen-bond acceptors (Lipinski definition) is 6. The highest BCUT2D eigenvalue weighted by molar-refractivity contribution is 8.00. The first kappa shape index (κ1) is 19.4. The molecular weight excluding hydrogens is 388 g/mol. The number of nitrogens with two attached hydrogens (primary N) is 1. The lowest BCUT2D eigenvalue weighted by molar-refractivity contribution is -0.384. The van der Waals surface area contributed by atoms with Crippen LogP contribution < -0.4 is 5.14 Å². The molecule has 0 aliphatic heterocycles. The molecule has 0 saturated heterocycles. The van der Waals surface area contributed by atoms with Gasteiger partial charge >= 0.3 is 0 Å². The number of carbonyl (C=O) groups excluding carboxylic acids is 1. The van der Waals surface area contributed by atoms with E-state index >= 15 is 0 Å². The zero-order valence-electron chi connectivity index (χ0n) is 12.9. The summed E-state index contributed by atoms with van der Waals surface area (Å²) in [5.74, 6) is -0.378. The lowest BCUT2D eigenvalue weighted by atomic mass is 10.1. The molecule has 2 N–H and O–H groups in total. The number of nitrogens with zero attached hydrogens (tertiary/aromatic N) is 1. The van der Waals surface area contributed by atoms with Crippen LogP contribution in [0.4, 0.5) is 5.69 Å². The van der Waals surface area contributed by atoms with Crippen molar-refractivity contribution in [1.29, 1.82) is 0 Å². The van der Waals surface area contributed by atoms with Crippen LogP contribution in [0, 0.1) is 17.0 Å². The number of aryl methyl sites for hydroxylation is 1. The normalized spacial score (nSPS) is 11.3. The van der Waals surface area contributed by atoms with E-state index in [1.807, 2.05) is 0 Å². The third kappa shape index (κ3) is 4.79. The zero-order valence-corrected chi connectivity index (χ0v) is 15.3. The van der Waals surface area contributed by atoms with Crippen LogP contribution in [0.1, 0.15) is 15.9 Å². The number of rotatable bonds is 6. The quantitative estimate of drug-likeness (QED) is 0.344. The van der Waals surface area contributed by atoms with Gasteiger partial charge in [-0.05, 0) is 36.8 Å². The number of carbonyl (C=O) groups is 1. The lowest BCUT2D eigenvalue weighted by Gasteiger charge is -2.10. The number of nitro groups is 1. The Morgan fingerprint density at radius 3 is 2.40 bits per heavy atom. The third-order valence-electron chi connectivity index (χ3n) is 3.29. The van der Waals surface area contributed by atoms with Gasteiger partial charge in [-0.3, -0.25) is 14.9 Å². The molecule has 0 aliphatic carbocycles. The second kappa shape index (κ2) is 7.52. The van der Waals surface area contributed by atoms with Crippen molar-refractivity contribution in [2.45, 2.75) is 16.7 Å². The van der Waals surface area contributed by atoms with Crippen LogP contribution in [0.5, 0.6) is 0 Å². The van der Waals surface area contributed by atoms with Crippen LogP contribution in [-0.4, -0.2) is 24.9 Å². The molecule has 0 atom stereocenters. The summed E-state index contributed by atoms with van der Waals surface area (Å²) in [7, 11) is -3.97. The molecule has 0 unspecified atom stereocenters. The molecule has 2 aromatic rings. The minimum Gasteiger partial charge on any atom is -0.293 e. The summed E-state index contributed by atoms with van der Waals surface area (Å²) in [6.45, 7) is 1.65. The average molecular weight is 401 g/mol. The third-order valence-corrected chi connectivity index (χ3v) is 5.83. The fraction of sp³-hybridized carbons (Fsp3) is 0.133. The minimum atomic E-state index is -3.97. The van der Waals surface area contributed by atoms with Crippen molar-refractivity contribution in [1.82, 2.24) is 0 Å². The van der Waals surface area contributed by atoms with E-state index in [1.165, 1.54) is 36.4 Å². The van der Waals surface area contributed by atoms with E-state index < -0.39 is 14.9 Å². The van der Waals surface area contributed by atoms with Gasteiger partial charge in [-0.25, -0.2) is 13.6 Å². The molecule has 0 heterocycles. The van der Waals surface area contributed by atoms with Crippen LogP contribution in [0.2, 0.25) is 5.02 Å². The maximum absolute atomic E-state index is 12.2. The number of sulfonamides is 1. The number of non-ortho nitro benzene ring substituents is 1. The second-order valence-corrected chi connectivity index (χ2v) is 8.06. The molecule has 0 fully saturated rings. The average Bonchev–Trinajstić information content (AvgIpc) is 2.54. The summed E-state index contributed by atoms with van der Waals surface area (Å²) in [5, 5.41) is 16.2. The molecule has 0 aromatic heterocycles. The van der Waals surface area contributed by atoms with Gasteiger partial charge in [0.05, 0.1) is 15.6 Å². The van der Waals surface area contributed by atoms with Gasteiger partial charge in [0.25, 0.3) is 5.69 Å². The molecule has 7 nitrogen and oxygen atoms in total. The van der Waals surface area contributed by atoms with E-state index in [2.05, 4.69) is 0 Å². The van der Waals surface area contributed by atoms with Crippen molar-refractivity contribution in [3.8, 4) is 0 Å². The molecule has 0 amide bonds. The first-order valence-corrected chi connectivity index (χ1v) is 9.74. The summed E-state index contributed by atoms with van der Waals surface area (Å²) >= 11 is 7.00. The summed E-state index contributed by atoms with van der Waals surface area (Å²) in [6.07, 6.45) is 0. The Morgan fingerprint density at radius 1 is 1.28 bits per heavy atom. The highest BCUT2D eigenvalue weighted by Gasteiger charge is 2.18. The smallest absolute Gasteiger partial charge is 0.269 e. The number of ketones is 1. The molecule has 132 valence electrons. The van der Waals surface area contributed by atoms with E-state index in [4.69, 9.17) is 16.7 Å². The number of primary sulfonamides is 1. The number of nitro benzene ring substituents is 1. The fourth-order valence-electron chi connectivity index (χ4n) is 1.97. The van der Waals surface area contributed by atoms with Crippen LogP contribution >= 0.6 is 23.4 Å². The van der Waals surface area contributed by atoms with Crippen LogP contribution in [-0.2, 0) is 10.0 Å². The first-order chi connectivity index (χ1) is 11.6. The molecule has 0 aliphatic rings. The summed E-state index contributed by atoms with van der Waals surface area (Å²) in [5.41, 5.74) is 0.719. The standard InChI is InChI=1S/C15H13ClN2O5S2/c1-9-6-15(25(17,22)23)14(7-12(9)16)24-8-13(19)10-2-4-11(5-3-10)18(20)21/h2-7H,8H2,1H3,(H2,17,22,23). The maximum Gasteiger partial charge on any atom is 0.269 e. The van der Waals surface area contributed by atoms with E-state index in [0.29, 0.717) is 10.6 Å². The van der Waals surface area contributed by atoms with Crippen molar-refractivity contribution in [2.24, 2.45) is 5.14 Å². The van der Waals surface area contributed by atoms with Crippen molar-refractivity contribution in [2.75, 3.05) is 5.75 Å². The van der Waals surface area contributed by atoms with Crippen molar-refractivity contribution in [3.63, 3.8) is 0 Å². The molecule has 2 rings (SSSR count). The Balaban J connectivity index is 2.22. The molecule has 25 heavy (non-hydrogen) atoms. The Bertz CT molecular complexity index is 943. The molecule has 2 aromatic carbocycles. The van der Waals surface area contributed by atoms with Gasteiger partial charge in [0.2, 0.25) is 10.0 Å². The molecule has 0 saturated carbocycles. The van der Waals surface area contributed by atoms with Crippen LogP contribution in [0.15, 0.2) is 46.2 Å². The fourth-order valence-corrected chi connectivity index (χ4v) is 4.26. The number of Topliss-reactive ketones (excluding diaryl/α,β-unsaturated/α-hetero) is 1. The number of halogens is 1. The Morgan fingerprint density at radius 2 is 1.88 bits per heavy atom. The Kier molecular flexibility index (Phi) is 5.83. The summed E-state index contributed by atoms with van der Waals surface area (Å²) < 4.78 is 23.4. The van der Waals surface area contributed by atoms with Gasteiger partial charge in [0, 0.05) is 27.6 Å². The van der Waals surface area contributed by atoms with Gasteiger partial charge in [0.1, 0.15) is 0 Å². The number of hydrogen-bond donors (Lipinski definition) is 1. The van der Waals surface area contributed by atoms with Gasteiger partial charge in [-0.15, -0.1) is 11.8 Å². The van der Waals surface area contributed by atoms with E-state index in [-0.39, 0.29) is 32.6 Å². The number of thioether (sulfide) groups is 1. The predicted molar refractivity (Wildman–Crippen MR) is 95.7 cm³/mol. The van der Waals surface area contributed by atoms with Crippen molar-refractivity contribution in [3.05, 3.63) is 62.7 Å². The van der Waals surface area contributed by atoms with Gasteiger partial charge in [0.15, 0.2) is 5.78 Å². The monoisotopic (exact) mass is 400 g/mol. The van der Waals surface area contributed by atoms with Gasteiger partial charge < -0.3 is 0 Å². The van der Waals surface area contributed by atoms with Crippen LogP contribution in [0.3, 0.4) is 0 Å². The van der Waals surface area contributed by atoms with E-state index in [9.17, 15) is 23.3 Å². The minimum absolute atomic E-state index is 0.0697. The largest absolute Gasteiger partial charge is 0.293 e. The Hall–Kier alpha value is -1.94. The van der Waals surface area contributed by atoms with Gasteiger partial charge in [-0.1, -0.05) is 11.6 Å². The zero-order chi connectivity index (χ0) is 18.8. The highest BCUT2D eigenvalue weighted by Crippen LogP contribution is 2.31. The molecular formula is C15H13ClN2O5S2. The van der Waals surface area contributed by atoms with E-state index in [0.717, 1.165) is 11.8 Å². The van der Waals surface area contributed by atoms with Crippen molar-refractivity contribution < 1.29 is 18.1 Å². The molecule has 0 bridgehead atoms. The van der Waals surface area contributed by atoms with Crippen LogP contribution in [0.25, 0.3) is 0 Å². The lowest BCUT2D eigenvalue weighted by Crippen LogP contribution is -2.14. The molecule has 0 radical (unpaired) electrons.